The first-order valence-corrected chi connectivity index (χ1v) is 15.3. The van der Waals surface area contributed by atoms with Crippen molar-refractivity contribution < 1.29 is 19.1 Å². The first kappa shape index (κ1) is 28.9. The van der Waals surface area contributed by atoms with Crippen LogP contribution in [0.4, 0.5) is 11.4 Å². The lowest BCUT2D eigenvalue weighted by atomic mass is 9.69. The van der Waals surface area contributed by atoms with Gasteiger partial charge >= 0.3 is 0 Å². The molecule has 2 amide bonds. The van der Waals surface area contributed by atoms with Crippen LogP contribution in [-0.2, 0) is 20.4 Å². The van der Waals surface area contributed by atoms with E-state index < -0.39 is 10.8 Å². The molecular formula is C34H28N10O4. The van der Waals surface area contributed by atoms with Crippen molar-refractivity contribution in [2.45, 2.75) is 37.5 Å². The molecule has 4 aromatic rings. The van der Waals surface area contributed by atoms with Gasteiger partial charge in [-0.1, -0.05) is 36.4 Å². The molecule has 0 fully saturated rings. The summed E-state index contributed by atoms with van der Waals surface area (Å²) in [5, 5.41) is 34.8. The number of nitrogens with two attached hydrogens (primary N) is 2. The maximum absolute atomic E-state index is 14.6. The fourth-order valence-corrected chi connectivity index (χ4v) is 7.91. The number of nitrogens with one attached hydrogen (secondary N) is 2. The van der Waals surface area contributed by atoms with Crippen molar-refractivity contribution >= 4 is 23.2 Å². The molecule has 2 aromatic carbocycles. The number of aryl methyl sites for hydroxylation is 2. The average molecular weight is 641 g/mol. The van der Waals surface area contributed by atoms with Gasteiger partial charge in [0.1, 0.15) is 34.1 Å². The van der Waals surface area contributed by atoms with E-state index in [1.165, 1.54) is 0 Å². The molecule has 0 radical (unpaired) electrons. The predicted octanol–water partition coefficient (Wildman–Crippen LogP) is 2.67. The van der Waals surface area contributed by atoms with Crippen molar-refractivity contribution in [2.24, 2.45) is 11.5 Å². The molecular weight excluding hydrogens is 612 g/mol. The molecule has 4 aliphatic heterocycles. The second-order valence-electron chi connectivity index (χ2n) is 12.1. The van der Waals surface area contributed by atoms with E-state index in [4.69, 9.17) is 20.9 Å². The number of aromatic amines is 2. The normalized spacial score (nSPS) is 21.9. The third-order valence-corrected chi connectivity index (χ3v) is 9.80. The predicted molar refractivity (Wildman–Crippen MR) is 170 cm³/mol. The Labute approximate surface area is 273 Å². The van der Waals surface area contributed by atoms with E-state index in [0.29, 0.717) is 70.9 Å². The van der Waals surface area contributed by atoms with E-state index in [1.807, 2.05) is 48.5 Å². The van der Waals surface area contributed by atoms with E-state index in [2.05, 4.69) is 32.5 Å². The van der Waals surface area contributed by atoms with Gasteiger partial charge in [0, 0.05) is 47.0 Å². The maximum Gasteiger partial charge on any atom is 0.247 e. The Morgan fingerprint density at radius 2 is 1.12 bits per heavy atom. The van der Waals surface area contributed by atoms with Gasteiger partial charge < -0.3 is 30.7 Å². The highest BCUT2D eigenvalue weighted by molar-refractivity contribution is 6.15. The van der Waals surface area contributed by atoms with Crippen molar-refractivity contribution in [3.05, 3.63) is 105 Å². The Balaban J connectivity index is 1.11. The van der Waals surface area contributed by atoms with Gasteiger partial charge in [-0.3, -0.25) is 19.8 Å². The van der Waals surface area contributed by atoms with Crippen molar-refractivity contribution in [3.8, 4) is 23.9 Å². The molecule has 0 bridgehead atoms. The summed E-state index contributed by atoms with van der Waals surface area (Å²) in [5.74, 6) is -0.685. The van der Waals surface area contributed by atoms with Gasteiger partial charge in [-0.05, 0) is 38.8 Å². The minimum Gasteiger partial charge on any atom is -0.420 e. The number of benzene rings is 2. The van der Waals surface area contributed by atoms with Crippen LogP contribution in [0.25, 0.3) is 0 Å². The zero-order valence-electron chi connectivity index (χ0n) is 25.9. The fourth-order valence-electron chi connectivity index (χ4n) is 7.91. The molecule has 2 atom stereocenters. The highest BCUT2D eigenvalue weighted by Crippen LogP contribution is 2.57. The minimum atomic E-state index is -1.51. The Kier molecular flexibility index (Phi) is 6.01. The number of unbranched alkanes of at least 4 members (excludes halogenated alkanes) is 1. The molecule has 2 spiro atoms. The second kappa shape index (κ2) is 9.98. The molecule has 0 aliphatic carbocycles. The Bertz CT molecular complexity index is 2090. The van der Waals surface area contributed by atoms with Crippen molar-refractivity contribution in [3.63, 3.8) is 0 Å². The van der Waals surface area contributed by atoms with E-state index in [-0.39, 0.29) is 46.5 Å². The topological polar surface area (TPSA) is 216 Å². The van der Waals surface area contributed by atoms with Gasteiger partial charge in [0.05, 0.1) is 11.1 Å². The summed E-state index contributed by atoms with van der Waals surface area (Å²) in [7, 11) is 0. The summed E-state index contributed by atoms with van der Waals surface area (Å²) in [6, 6.07) is 19.0. The van der Waals surface area contributed by atoms with Crippen molar-refractivity contribution in [1.82, 2.24) is 20.4 Å². The van der Waals surface area contributed by atoms with Gasteiger partial charge in [0.25, 0.3) is 0 Å². The zero-order chi connectivity index (χ0) is 33.5. The van der Waals surface area contributed by atoms with Crippen LogP contribution in [0.2, 0.25) is 0 Å². The number of rotatable bonds is 5. The van der Waals surface area contributed by atoms with Crippen LogP contribution < -0.4 is 30.7 Å². The first-order valence-electron chi connectivity index (χ1n) is 15.3. The van der Waals surface area contributed by atoms with E-state index >= 15 is 0 Å². The number of hydrogen-bond acceptors (Lipinski definition) is 10. The SMILES string of the molecule is Cc1[nH]nc2c1C1(C(=O)N(CCCCN3C(=O)C4(C(C#N)=C(N)Oc5n[nH]c(C)c54)c4ccccc43)c3ccccc31)C(C#N)=C(N)O2. The molecule has 8 rings (SSSR count). The van der Waals surface area contributed by atoms with Gasteiger partial charge in [-0.2, -0.15) is 10.5 Å². The Morgan fingerprint density at radius 3 is 1.52 bits per heavy atom. The lowest BCUT2D eigenvalue weighted by molar-refractivity contribution is -0.121. The van der Waals surface area contributed by atoms with E-state index in [0.717, 1.165) is 0 Å². The van der Waals surface area contributed by atoms with Crippen LogP contribution in [0.3, 0.4) is 0 Å². The number of para-hydroxylation sites is 2. The monoisotopic (exact) mass is 640 g/mol. The standard InChI is InChI=1S/C34H28N10O4/c1-17-25-29(41-39-17)47-27(37)21(15-35)33(25)19-9-3-5-11-23(19)43(31(33)45)13-7-8-14-44-24-12-6-4-10-20(24)34(32(44)46)22(16-36)28(38)48-30-26(34)18(2)40-42-30/h3-6,9-12H,7-8,13-14,37-38H2,1-2H3,(H,39,41)(H,40,42). The molecule has 14 heteroatoms. The molecule has 48 heavy (non-hydrogen) atoms. The number of nitriles is 2. The number of fused-ring (bicyclic) bond motifs is 8. The van der Waals surface area contributed by atoms with Crippen LogP contribution in [0.15, 0.2) is 71.4 Å². The van der Waals surface area contributed by atoms with Crippen LogP contribution in [-0.4, -0.2) is 45.3 Å². The summed E-state index contributed by atoms with van der Waals surface area (Å²) < 4.78 is 11.3. The number of carbonyl (C=O) groups excluding carboxylic acids is 2. The number of ether oxygens (including phenoxy) is 2. The second-order valence-corrected chi connectivity index (χ2v) is 12.1. The third-order valence-electron chi connectivity index (χ3n) is 9.80. The third kappa shape index (κ3) is 3.33. The molecule has 2 aromatic heterocycles. The molecule has 2 unspecified atom stereocenters. The molecule has 6 N–H and O–H groups in total. The molecule has 14 nitrogen and oxygen atoms in total. The number of H-pyrrole nitrogens is 2. The van der Waals surface area contributed by atoms with Crippen LogP contribution in [0.1, 0.15) is 46.5 Å². The van der Waals surface area contributed by atoms with E-state index in [9.17, 15) is 20.1 Å². The van der Waals surface area contributed by atoms with Crippen molar-refractivity contribution in [1.29, 1.82) is 10.5 Å². The van der Waals surface area contributed by atoms with Gasteiger partial charge in [0.15, 0.2) is 0 Å². The number of carbonyl (C=O) groups is 2. The molecule has 6 heterocycles. The van der Waals surface area contributed by atoms with Crippen LogP contribution in [0.5, 0.6) is 11.8 Å². The fraction of sp³-hybridized carbons (Fsp3) is 0.235. The highest BCUT2D eigenvalue weighted by Gasteiger charge is 2.62. The molecule has 238 valence electrons. The Hall–Kier alpha value is -6.54. The number of hydrogen-bond donors (Lipinski definition) is 4. The van der Waals surface area contributed by atoms with Gasteiger partial charge in [-0.15, -0.1) is 10.2 Å². The van der Waals surface area contributed by atoms with Crippen LogP contribution in [0, 0.1) is 36.5 Å². The maximum atomic E-state index is 14.6. The number of amides is 2. The molecule has 4 aliphatic rings. The number of nitrogens with zero attached hydrogens (tertiary/aromatic N) is 6. The number of aromatic nitrogens is 4. The Morgan fingerprint density at radius 1 is 0.729 bits per heavy atom. The molecule has 0 saturated heterocycles. The summed E-state index contributed by atoms with van der Waals surface area (Å²) in [5.41, 5.74) is 14.1. The lowest BCUT2D eigenvalue weighted by Gasteiger charge is -2.32. The molecule has 0 saturated carbocycles. The lowest BCUT2D eigenvalue weighted by Crippen LogP contribution is -2.47. The van der Waals surface area contributed by atoms with Crippen LogP contribution >= 0.6 is 0 Å². The highest BCUT2D eigenvalue weighted by atomic mass is 16.5. The average Bonchev–Trinajstić information content (AvgIpc) is 3.77. The van der Waals surface area contributed by atoms with Crippen molar-refractivity contribution in [2.75, 3.05) is 22.9 Å². The first-order chi connectivity index (χ1) is 23.2. The van der Waals surface area contributed by atoms with Gasteiger partial charge in [0.2, 0.25) is 35.3 Å². The quantitative estimate of drug-likeness (QED) is 0.234. The summed E-state index contributed by atoms with van der Waals surface area (Å²) in [6.07, 6.45) is 1.01. The summed E-state index contributed by atoms with van der Waals surface area (Å²) in [6.45, 7) is 4.15. The van der Waals surface area contributed by atoms with Gasteiger partial charge in [-0.25, -0.2) is 0 Å². The zero-order valence-corrected chi connectivity index (χ0v) is 25.9. The largest absolute Gasteiger partial charge is 0.420 e. The smallest absolute Gasteiger partial charge is 0.247 e. The summed E-state index contributed by atoms with van der Waals surface area (Å²) >= 11 is 0. The summed E-state index contributed by atoms with van der Waals surface area (Å²) in [4.78, 5) is 32.6. The van der Waals surface area contributed by atoms with E-state index in [1.54, 1.807) is 23.6 Å². The number of anilines is 2. The minimum absolute atomic E-state index is 0.00927.